The van der Waals surface area contributed by atoms with Gasteiger partial charge in [0.05, 0.1) is 13.2 Å². The van der Waals surface area contributed by atoms with Crippen molar-refractivity contribution in [2.24, 2.45) is 0 Å². The van der Waals surface area contributed by atoms with Crippen LogP contribution in [0.25, 0.3) is 0 Å². The van der Waals surface area contributed by atoms with Crippen molar-refractivity contribution >= 4 is 5.91 Å². The summed E-state index contributed by atoms with van der Waals surface area (Å²) in [5.74, 6) is 0.0878. The molecule has 0 spiro atoms. The summed E-state index contributed by atoms with van der Waals surface area (Å²) in [6.07, 6.45) is 3.98. The molecule has 0 unspecified atom stereocenters. The molecule has 0 saturated carbocycles. The number of carbonyl (C=O) groups excluding carboxylic acids is 1. The molecule has 4 nitrogen and oxygen atoms in total. The van der Waals surface area contributed by atoms with Gasteiger partial charge in [0.1, 0.15) is 0 Å². The highest BCUT2D eigenvalue weighted by atomic mass is 16.5. The lowest BCUT2D eigenvalue weighted by Crippen LogP contribution is -2.40. The number of allylic oxidation sites excluding steroid dienone is 1. The number of carbonyl (C=O) groups is 1. The summed E-state index contributed by atoms with van der Waals surface area (Å²) >= 11 is 0. The van der Waals surface area contributed by atoms with Crippen molar-refractivity contribution in [3.05, 3.63) is 11.8 Å². The van der Waals surface area contributed by atoms with E-state index in [1.165, 1.54) is 0 Å². The van der Waals surface area contributed by atoms with E-state index in [1.807, 2.05) is 11.8 Å². The zero-order valence-corrected chi connectivity index (χ0v) is 10.3. The molecule has 1 heterocycles. The lowest BCUT2D eigenvalue weighted by atomic mass is 10.3. The molecule has 1 saturated heterocycles. The summed E-state index contributed by atoms with van der Waals surface area (Å²) in [7, 11) is 0. The average Bonchev–Trinajstić information content (AvgIpc) is 2.30. The number of hydrogen-bond donors (Lipinski definition) is 1. The number of rotatable bonds is 5. The number of amides is 1. The van der Waals surface area contributed by atoms with Crippen molar-refractivity contribution in [2.45, 2.75) is 26.7 Å². The lowest BCUT2D eigenvalue weighted by Gasteiger charge is -2.25. The van der Waals surface area contributed by atoms with Gasteiger partial charge in [0.15, 0.2) is 0 Å². The minimum Gasteiger partial charge on any atom is -0.388 e. The maximum Gasteiger partial charge on any atom is 0.248 e. The minimum absolute atomic E-state index is 0.0878. The standard InChI is InChI=1S/C12H22N2O2/c1-3-4-5-13-11(2)10-12(15)14-6-8-16-9-7-14/h10,13H,3-9H2,1-2H3. The fourth-order valence-electron chi connectivity index (χ4n) is 1.57. The Bertz CT molecular complexity index is 245. The zero-order valence-electron chi connectivity index (χ0n) is 10.3. The first-order valence-corrected chi connectivity index (χ1v) is 6.03. The molecule has 0 atom stereocenters. The number of morpholine rings is 1. The highest BCUT2D eigenvalue weighted by molar-refractivity contribution is 5.88. The van der Waals surface area contributed by atoms with Crippen LogP contribution in [0.15, 0.2) is 11.8 Å². The molecule has 1 aliphatic heterocycles. The maximum atomic E-state index is 11.8. The predicted molar refractivity (Wildman–Crippen MR) is 64.1 cm³/mol. The van der Waals surface area contributed by atoms with Gasteiger partial charge in [-0.25, -0.2) is 0 Å². The van der Waals surface area contributed by atoms with Crippen LogP contribution in [0.4, 0.5) is 0 Å². The van der Waals surface area contributed by atoms with E-state index in [-0.39, 0.29) is 5.91 Å². The Hall–Kier alpha value is -1.03. The minimum atomic E-state index is 0.0878. The molecular weight excluding hydrogens is 204 g/mol. The Morgan fingerprint density at radius 3 is 2.75 bits per heavy atom. The number of hydrogen-bond acceptors (Lipinski definition) is 3. The van der Waals surface area contributed by atoms with Gasteiger partial charge in [0.25, 0.3) is 0 Å². The van der Waals surface area contributed by atoms with Gasteiger partial charge in [0.2, 0.25) is 5.91 Å². The van der Waals surface area contributed by atoms with Gasteiger partial charge in [-0.05, 0) is 13.3 Å². The molecule has 1 rings (SSSR count). The summed E-state index contributed by atoms with van der Waals surface area (Å²) in [5.41, 5.74) is 0.949. The molecule has 0 radical (unpaired) electrons. The van der Waals surface area contributed by atoms with Gasteiger partial charge in [-0.3, -0.25) is 4.79 Å². The molecule has 1 aliphatic rings. The highest BCUT2D eigenvalue weighted by Gasteiger charge is 2.14. The Morgan fingerprint density at radius 1 is 1.44 bits per heavy atom. The monoisotopic (exact) mass is 226 g/mol. The third kappa shape index (κ3) is 4.66. The first kappa shape index (κ1) is 13.0. The normalized spacial score (nSPS) is 17.4. The van der Waals surface area contributed by atoms with Gasteiger partial charge in [-0.2, -0.15) is 0 Å². The largest absolute Gasteiger partial charge is 0.388 e. The van der Waals surface area contributed by atoms with E-state index in [9.17, 15) is 4.79 Å². The fraction of sp³-hybridized carbons (Fsp3) is 0.750. The smallest absolute Gasteiger partial charge is 0.248 e. The molecule has 0 aromatic rings. The summed E-state index contributed by atoms with van der Waals surface area (Å²) in [5, 5.41) is 3.24. The Balaban J connectivity index is 2.32. The van der Waals surface area contributed by atoms with E-state index in [4.69, 9.17) is 4.74 Å². The predicted octanol–water partition coefficient (Wildman–Crippen LogP) is 1.14. The topological polar surface area (TPSA) is 41.6 Å². The van der Waals surface area contributed by atoms with E-state index < -0.39 is 0 Å². The van der Waals surface area contributed by atoms with E-state index in [0.717, 1.165) is 25.1 Å². The molecule has 4 heteroatoms. The quantitative estimate of drug-likeness (QED) is 0.564. The summed E-state index contributed by atoms with van der Waals surface area (Å²) < 4.78 is 5.20. The van der Waals surface area contributed by atoms with Crippen molar-refractivity contribution < 1.29 is 9.53 Å². The first-order valence-electron chi connectivity index (χ1n) is 6.03. The number of nitrogens with zero attached hydrogens (tertiary/aromatic N) is 1. The van der Waals surface area contributed by atoms with E-state index in [2.05, 4.69) is 12.2 Å². The average molecular weight is 226 g/mol. The number of nitrogens with one attached hydrogen (secondary N) is 1. The fourth-order valence-corrected chi connectivity index (χ4v) is 1.57. The van der Waals surface area contributed by atoms with Crippen LogP contribution in [-0.2, 0) is 9.53 Å². The van der Waals surface area contributed by atoms with Gasteiger partial charge < -0.3 is 15.0 Å². The second-order valence-electron chi connectivity index (χ2n) is 4.05. The van der Waals surface area contributed by atoms with Crippen molar-refractivity contribution in [1.29, 1.82) is 0 Å². The summed E-state index contributed by atoms with van der Waals surface area (Å²) in [6.45, 7) is 7.75. The molecule has 0 aromatic heterocycles. The number of ether oxygens (including phenoxy) is 1. The second-order valence-corrected chi connectivity index (χ2v) is 4.05. The number of unbranched alkanes of at least 4 members (excludes halogenated alkanes) is 1. The van der Waals surface area contributed by atoms with Crippen molar-refractivity contribution in [3.63, 3.8) is 0 Å². The van der Waals surface area contributed by atoms with Gasteiger partial charge in [-0.15, -0.1) is 0 Å². The highest BCUT2D eigenvalue weighted by Crippen LogP contribution is 2.00. The van der Waals surface area contributed by atoms with Crippen LogP contribution in [0.3, 0.4) is 0 Å². The molecule has 1 fully saturated rings. The summed E-state index contributed by atoms with van der Waals surface area (Å²) in [4.78, 5) is 13.6. The molecular formula is C12H22N2O2. The Morgan fingerprint density at radius 2 is 2.12 bits per heavy atom. The van der Waals surface area contributed by atoms with Gasteiger partial charge >= 0.3 is 0 Å². The van der Waals surface area contributed by atoms with E-state index >= 15 is 0 Å². The second kappa shape index (κ2) is 7.28. The molecule has 0 bridgehead atoms. The lowest BCUT2D eigenvalue weighted by molar-refractivity contribution is -0.130. The molecule has 16 heavy (non-hydrogen) atoms. The van der Waals surface area contributed by atoms with Crippen LogP contribution in [0.1, 0.15) is 26.7 Å². The van der Waals surface area contributed by atoms with E-state index in [0.29, 0.717) is 26.3 Å². The van der Waals surface area contributed by atoms with Crippen molar-refractivity contribution in [3.8, 4) is 0 Å². The van der Waals surface area contributed by atoms with E-state index in [1.54, 1.807) is 6.08 Å². The van der Waals surface area contributed by atoms with Crippen LogP contribution in [-0.4, -0.2) is 43.7 Å². The Labute approximate surface area is 97.6 Å². The van der Waals surface area contributed by atoms with Crippen LogP contribution in [0, 0.1) is 0 Å². The van der Waals surface area contributed by atoms with Gasteiger partial charge in [-0.1, -0.05) is 13.3 Å². The van der Waals surface area contributed by atoms with Crippen LogP contribution in [0.5, 0.6) is 0 Å². The van der Waals surface area contributed by atoms with Crippen molar-refractivity contribution in [1.82, 2.24) is 10.2 Å². The molecule has 92 valence electrons. The maximum absolute atomic E-state index is 11.8. The molecule has 1 N–H and O–H groups in total. The summed E-state index contributed by atoms with van der Waals surface area (Å²) in [6, 6.07) is 0. The van der Waals surface area contributed by atoms with Crippen LogP contribution >= 0.6 is 0 Å². The molecule has 0 aliphatic carbocycles. The molecule has 1 amide bonds. The third-order valence-electron chi connectivity index (χ3n) is 2.60. The van der Waals surface area contributed by atoms with Crippen LogP contribution < -0.4 is 5.32 Å². The third-order valence-corrected chi connectivity index (χ3v) is 2.60. The Kier molecular flexibility index (Phi) is 5.93. The first-order chi connectivity index (χ1) is 7.74. The van der Waals surface area contributed by atoms with Crippen LogP contribution in [0.2, 0.25) is 0 Å². The molecule has 0 aromatic carbocycles. The van der Waals surface area contributed by atoms with Crippen molar-refractivity contribution in [2.75, 3.05) is 32.8 Å². The SMILES string of the molecule is CCCCNC(C)=CC(=O)N1CCOCC1. The zero-order chi connectivity index (χ0) is 11.8. The van der Waals surface area contributed by atoms with Gasteiger partial charge in [0, 0.05) is 31.4 Å².